The SMILES string of the molecule is C=C(C)c1cccc(OCCCCCC)c1. The summed E-state index contributed by atoms with van der Waals surface area (Å²) in [5.41, 5.74) is 2.24. The molecule has 1 aromatic rings. The Kier molecular flexibility index (Phi) is 5.69. The van der Waals surface area contributed by atoms with Gasteiger partial charge in [-0.25, -0.2) is 0 Å². The van der Waals surface area contributed by atoms with Crippen molar-refractivity contribution in [2.24, 2.45) is 0 Å². The summed E-state index contributed by atoms with van der Waals surface area (Å²) in [6.07, 6.45) is 4.97. The minimum atomic E-state index is 0.819. The predicted molar refractivity (Wildman–Crippen MR) is 70.8 cm³/mol. The quantitative estimate of drug-likeness (QED) is 0.604. The average molecular weight is 218 g/mol. The maximum absolute atomic E-state index is 5.70. The third-order valence-corrected chi connectivity index (χ3v) is 2.59. The van der Waals surface area contributed by atoms with Crippen molar-refractivity contribution in [2.75, 3.05) is 6.61 Å². The first kappa shape index (κ1) is 12.8. The molecule has 0 saturated carbocycles. The van der Waals surface area contributed by atoms with Crippen LogP contribution in [-0.2, 0) is 0 Å². The zero-order valence-corrected chi connectivity index (χ0v) is 10.5. The van der Waals surface area contributed by atoms with Crippen LogP contribution in [0.4, 0.5) is 0 Å². The van der Waals surface area contributed by atoms with Gasteiger partial charge in [-0.05, 0) is 31.0 Å². The molecule has 88 valence electrons. The van der Waals surface area contributed by atoms with E-state index in [9.17, 15) is 0 Å². The van der Waals surface area contributed by atoms with E-state index in [0.29, 0.717) is 0 Å². The average Bonchev–Trinajstić information content (AvgIpc) is 2.29. The Hall–Kier alpha value is -1.24. The fraction of sp³-hybridized carbons (Fsp3) is 0.467. The molecule has 1 rings (SSSR count). The van der Waals surface area contributed by atoms with Gasteiger partial charge in [0.05, 0.1) is 6.61 Å². The van der Waals surface area contributed by atoms with E-state index in [1.165, 1.54) is 19.3 Å². The summed E-state index contributed by atoms with van der Waals surface area (Å²) in [4.78, 5) is 0. The largest absolute Gasteiger partial charge is 0.494 e. The zero-order valence-electron chi connectivity index (χ0n) is 10.5. The van der Waals surface area contributed by atoms with E-state index in [4.69, 9.17) is 4.74 Å². The highest BCUT2D eigenvalue weighted by Crippen LogP contribution is 2.18. The van der Waals surface area contributed by atoms with Gasteiger partial charge in [0, 0.05) is 0 Å². The van der Waals surface area contributed by atoms with Crippen molar-refractivity contribution in [3.63, 3.8) is 0 Å². The van der Waals surface area contributed by atoms with E-state index in [1.54, 1.807) is 0 Å². The summed E-state index contributed by atoms with van der Waals surface area (Å²) in [5.74, 6) is 0.956. The normalized spacial score (nSPS) is 10.1. The van der Waals surface area contributed by atoms with Crippen molar-refractivity contribution in [3.8, 4) is 5.75 Å². The van der Waals surface area contributed by atoms with Crippen molar-refractivity contribution < 1.29 is 4.74 Å². The van der Waals surface area contributed by atoms with E-state index in [2.05, 4.69) is 25.6 Å². The van der Waals surface area contributed by atoms with Crippen LogP contribution in [-0.4, -0.2) is 6.61 Å². The second-order valence-electron chi connectivity index (χ2n) is 4.22. The van der Waals surface area contributed by atoms with Gasteiger partial charge in [-0.3, -0.25) is 0 Å². The lowest BCUT2D eigenvalue weighted by Crippen LogP contribution is -1.97. The van der Waals surface area contributed by atoms with Crippen LogP contribution in [0.5, 0.6) is 5.75 Å². The Bertz CT molecular complexity index is 328. The van der Waals surface area contributed by atoms with E-state index in [0.717, 1.165) is 29.9 Å². The number of hydrogen-bond acceptors (Lipinski definition) is 1. The molecule has 0 radical (unpaired) electrons. The molecular weight excluding hydrogens is 196 g/mol. The van der Waals surface area contributed by atoms with Crippen molar-refractivity contribution in [1.82, 2.24) is 0 Å². The van der Waals surface area contributed by atoms with Crippen LogP contribution < -0.4 is 4.74 Å². The molecule has 1 aromatic carbocycles. The number of ether oxygens (including phenoxy) is 1. The summed E-state index contributed by atoms with van der Waals surface area (Å²) in [6, 6.07) is 8.14. The molecule has 0 bridgehead atoms. The molecular formula is C15H22O. The summed E-state index contributed by atoms with van der Waals surface area (Å²) in [7, 11) is 0. The van der Waals surface area contributed by atoms with Crippen molar-refractivity contribution >= 4 is 5.57 Å². The number of hydrogen-bond donors (Lipinski definition) is 0. The summed E-state index contributed by atoms with van der Waals surface area (Å²) in [5, 5.41) is 0. The lowest BCUT2D eigenvalue weighted by atomic mass is 10.1. The van der Waals surface area contributed by atoms with Gasteiger partial charge >= 0.3 is 0 Å². The molecule has 0 atom stereocenters. The van der Waals surface area contributed by atoms with E-state index < -0.39 is 0 Å². The van der Waals surface area contributed by atoms with Gasteiger partial charge in [0.15, 0.2) is 0 Å². The Morgan fingerprint density at radius 2 is 2.06 bits per heavy atom. The monoisotopic (exact) mass is 218 g/mol. The number of unbranched alkanes of at least 4 members (excludes halogenated alkanes) is 3. The van der Waals surface area contributed by atoms with Crippen LogP contribution in [0.1, 0.15) is 45.1 Å². The van der Waals surface area contributed by atoms with Crippen LogP contribution in [0.15, 0.2) is 30.8 Å². The van der Waals surface area contributed by atoms with Gasteiger partial charge in [-0.2, -0.15) is 0 Å². The molecule has 0 unspecified atom stereocenters. The zero-order chi connectivity index (χ0) is 11.8. The van der Waals surface area contributed by atoms with Gasteiger partial charge in [-0.1, -0.05) is 50.5 Å². The summed E-state index contributed by atoms with van der Waals surface area (Å²) < 4.78 is 5.70. The summed E-state index contributed by atoms with van der Waals surface area (Å²) >= 11 is 0. The molecule has 0 N–H and O–H groups in total. The van der Waals surface area contributed by atoms with E-state index in [1.807, 2.05) is 19.1 Å². The molecule has 0 aliphatic heterocycles. The Labute approximate surface area is 99.1 Å². The number of allylic oxidation sites excluding steroid dienone is 1. The maximum atomic E-state index is 5.70. The van der Waals surface area contributed by atoms with E-state index >= 15 is 0 Å². The molecule has 0 aromatic heterocycles. The molecule has 0 aliphatic rings. The lowest BCUT2D eigenvalue weighted by Gasteiger charge is -2.07. The molecule has 0 amide bonds. The molecule has 1 nitrogen and oxygen atoms in total. The summed E-state index contributed by atoms with van der Waals surface area (Å²) in [6.45, 7) is 8.98. The van der Waals surface area contributed by atoms with Crippen LogP contribution in [0.3, 0.4) is 0 Å². The van der Waals surface area contributed by atoms with Crippen LogP contribution in [0.2, 0.25) is 0 Å². The Morgan fingerprint density at radius 3 is 2.75 bits per heavy atom. The molecule has 0 saturated heterocycles. The Balaban J connectivity index is 2.36. The molecule has 0 fully saturated rings. The lowest BCUT2D eigenvalue weighted by molar-refractivity contribution is 0.305. The molecule has 0 spiro atoms. The van der Waals surface area contributed by atoms with Gasteiger partial charge < -0.3 is 4.74 Å². The highest BCUT2D eigenvalue weighted by atomic mass is 16.5. The molecule has 16 heavy (non-hydrogen) atoms. The van der Waals surface area contributed by atoms with Crippen LogP contribution >= 0.6 is 0 Å². The maximum Gasteiger partial charge on any atom is 0.119 e. The second-order valence-corrected chi connectivity index (χ2v) is 4.22. The van der Waals surface area contributed by atoms with Gasteiger partial charge in [0.1, 0.15) is 5.75 Å². The molecule has 0 aliphatic carbocycles. The Morgan fingerprint density at radius 1 is 1.25 bits per heavy atom. The first-order valence-corrected chi connectivity index (χ1v) is 6.12. The van der Waals surface area contributed by atoms with E-state index in [-0.39, 0.29) is 0 Å². The first-order valence-electron chi connectivity index (χ1n) is 6.12. The van der Waals surface area contributed by atoms with Crippen LogP contribution in [0.25, 0.3) is 5.57 Å². The smallest absolute Gasteiger partial charge is 0.119 e. The fourth-order valence-corrected chi connectivity index (χ4v) is 1.57. The fourth-order valence-electron chi connectivity index (χ4n) is 1.57. The van der Waals surface area contributed by atoms with Gasteiger partial charge in [0.25, 0.3) is 0 Å². The van der Waals surface area contributed by atoms with Crippen molar-refractivity contribution in [1.29, 1.82) is 0 Å². The molecule has 0 heterocycles. The number of benzene rings is 1. The first-order chi connectivity index (χ1) is 7.74. The molecule has 1 heteroatoms. The topological polar surface area (TPSA) is 9.23 Å². The van der Waals surface area contributed by atoms with Crippen LogP contribution in [0, 0.1) is 0 Å². The third kappa shape index (κ3) is 4.52. The highest BCUT2D eigenvalue weighted by molar-refractivity contribution is 5.62. The van der Waals surface area contributed by atoms with Crippen molar-refractivity contribution in [2.45, 2.75) is 39.5 Å². The van der Waals surface area contributed by atoms with Gasteiger partial charge in [-0.15, -0.1) is 0 Å². The minimum Gasteiger partial charge on any atom is -0.494 e. The predicted octanol–water partition coefficient (Wildman–Crippen LogP) is 4.68. The second kappa shape index (κ2) is 7.10. The number of rotatable bonds is 7. The minimum absolute atomic E-state index is 0.819. The third-order valence-electron chi connectivity index (χ3n) is 2.59. The highest BCUT2D eigenvalue weighted by Gasteiger charge is 1.97. The van der Waals surface area contributed by atoms with Crippen molar-refractivity contribution in [3.05, 3.63) is 36.4 Å². The standard InChI is InChI=1S/C15H22O/c1-4-5-6-7-11-16-15-10-8-9-14(12-15)13(2)3/h8-10,12H,2,4-7,11H2,1,3H3. The van der Waals surface area contributed by atoms with Gasteiger partial charge in [0.2, 0.25) is 0 Å².